The van der Waals surface area contributed by atoms with E-state index in [0.717, 1.165) is 5.56 Å². The number of esters is 1. The summed E-state index contributed by atoms with van der Waals surface area (Å²) < 4.78 is 22.7. The molecule has 2 saturated heterocycles. The van der Waals surface area contributed by atoms with E-state index in [4.69, 9.17) is 18.9 Å². The number of allylic oxidation sites excluding steroid dienone is 1. The SMILES string of the molecule is CO[C@@H](C(=O)N[C@@H](C)C(=O)NCC1CC(Cc2ccccc2)C(=O)O1)[C@@H]1OC(C)(C)O[C@H](/C=C/C(C)(C)C)[C@@H]1O. The molecule has 0 spiro atoms. The summed E-state index contributed by atoms with van der Waals surface area (Å²) in [6.45, 7) is 11.1. The van der Waals surface area contributed by atoms with Crippen LogP contribution in [0.4, 0.5) is 0 Å². The number of hydrogen-bond acceptors (Lipinski definition) is 8. The molecule has 0 aromatic heterocycles. The zero-order chi connectivity index (χ0) is 29.7. The molecule has 1 aromatic carbocycles. The number of carbonyl (C=O) groups is 3. The van der Waals surface area contributed by atoms with E-state index in [2.05, 4.69) is 10.6 Å². The molecule has 2 fully saturated rings. The lowest BCUT2D eigenvalue weighted by atomic mass is 9.93. The molecule has 2 aliphatic rings. The zero-order valence-electron chi connectivity index (χ0n) is 24.5. The molecule has 0 radical (unpaired) electrons. The predicted octanol–water partition coefficient (Wildman–Crippen LogP) is 2.28. The lowest BCUT2D eigenvalue weighted by Crippen LogP contribution is -2.62. The van der Waals surface area contributed by atoms with Gasteiger partial charge in [-0.2, -0.15) is 0 Å². The van der Waals surface area contributed by atoms with E-state index < -0.39 is 54.2 Å². The van der Waals surface area contributed by atoms with Gasteiger partial charge >= 0.3 is 5.97 Å². The fourth-order valence-corrected chi connectivity index (χ4v) is 4.82. The lowest BCUT2D eigenvalue weighted by molar-refractivity contribution is -0.334. The first-order valence-electron chi connectivity index (χ1n) is 13.8. The number of aliphatic hydroxyl groups excluding tert-OH is 1. The first-order chi connectivity index (χ1) is 18.7. The lowest BCUT2D eigenvalue weighted by Gasteiger charge is -2.45. The quantitative estimate of drug-likeness (QED) is 0.293. The molecule has 3 N–H and O–H groups in total. The molecule has 3 rings (SSSR count). The fourth-order valence-electron chi connectivity index (χ4n) is 4.82. The highest BCUT2D eigenvalue weighted by Crippen LogP contribution is 2.31. The Morgan fingerprint density at radius 3 is 2.48 bits per heavy atom. The number of aliphatic hydroxyl groups is 1. The Balaban J connectivity index is 1.54. The molecule has 2 unspecified atom stereocenters. The van der Waals surface area contributed by atoms with Crippen LogP contribution in [-0.4, -0.2) is 78.9 Å². The molecule has 1 aromatic rings. The Hall–Kier alpha value is -2.79. The van der Waals surface area contributed by atoms with Crippen LogP contribution in [0.3, 0.4) is 0 Å². The molecule has 2 aliphatic heterocycles. The average molecular weight is 561 g/mol. The van der Waals surface area contributed by atoms with Crippen LogP contribution in [0.5, 0.6) is 0 Å². The smallest absolute Gasteiger partial charge is 0.309 e. The van der Waals surface area contributed by atoms with Crippen molar-refractivity contribution in [1.82, 2.24) is 10.6 Å². The van der Waals surface area contributed by atoms with Crippen molar-refractivity contribution in [1.29, 1.82) is 0 Å². The Labute approximate surface area is 236 Å². The molecule has 10 heteroatoms. The van der Waals surface area contributed by atoms with Gasteiger partial charge in [-0.1, -0.05) is 63.3 Å². The number of ether oxygens (including phenoxy) is 4. The number of benzene rings is 1. The summed E-state index contributed by atoms with van der Waals surface area (Å²) in [5.41, 5.74) is 0.915. The monoisotopic (exact) mass is 560 g/mol. The fraction of sp³-hybridized carbons (Fsp3) is 0.633. The second-order valence-corrected chi connectivity index (χ2v) is 12.1. The average Bonchev–Trinajstić information content (AvgIpc) is 3.22. The van der Waals surface area contributed by atoms with Crippen molar-refractivity contribution in [2.75, 3.05) is 13.7 Å². The van der Waals surface area contributed by atoms with E-state index in [1.807, 2.05) is 57.2 Å². The van der Waals surface area contributed by atoms with E-state index in [-0.39, 0.29) is 23.8 Å². The Morgan fingerprint density at radius 1 is 1.18 bits per heavy atom. The maximum atomic E-state index is 13.2. The number of amides is 2. The van der Waals surface area contributed by atoms with Crippen LogP contribution in [-0.2, 0) is 39.8 Å². The van der Waals surface area contributed by atoms with Crippen molar-refractivity contribution >= 4 is 17.8 Å². The van der Waals surface area contributed by atoms with Crippen molar-refractivity contribution in [2.24, 2.45) is 11.3 Å². The van der Waals surface area contributed by atoms with Gasteiger partial charge < -0.3 is 34.7 Å². The third-order valence-corrected chi connectivity index (χ3v) is 6.85. The van der Waals surface area contributed by atoms with Crippen molar-refractivity contribution in [3.05, 3.63) is 48.0 Å². The van der Waals surface area contributed by atoms with Crippen molar-refractivity contribution < 1.29 is 38.4 Å². The number of hydrogen-bond donors (Lipinski definition) is 3. The van der Waals surface area contributed by atoms with Gasteiger partial charge in [0.2, 0.25) is 5.91 Å². The minimum atomic E-state index is -1.20. The van der Waals surface area contributed by atoms with Gasteiger partial charge in [0.25, 0.3) is 5.91 Å². The highest BCUT2D eigenvalue weighted by Gasteiger charge is 2.47. The van der Waals surface area contributed by atoms with Crippen molar-refractivity contribution in [2.45, 2.75) is 96.7 Å². The summed E-state index contributed by atoms with van der Waals surface area (Å²) in [5.74, 6) is -2.68. The molecule has 0 aliphatic carbocycles. The Kier molecular flexibility index (Phi) is 10.5. The van der Waals surface area contributed by atoms with Gasteiger partial charge in [-0.25, -0.2) is 0 Å². The van der Waals surface area contributed by atoms with Gasteiger partial charge in [0.15, 0.2) is 11.9 Å². The second kappa shape index (κ2) is 13.2. The normalized spacial score (nSPS) is 28.1. The second-order valence-electron chi connectivity index (χ2n) is 12.1. The molecular weight excluding hydrogens is 516 g/mol. The molecule has 0 saturated carbocycles. The third-order valence-electron chi connectivity index (χ3n) is 6.85. The maximum Gasteiger partial charge on any atom is 0.309 e. The number of carbonyl (C=O) groups excluding carboxylic acids is 3. The summed E-state index contributed by atoms with van der Waals surface area (Å²) in [6, 6.07) is 8.79. The first-order valence-corrected chi connectivity index (χ1v) is 13.8. The predicted molar refractivity (Wildman–Crippen MR) is 148 cm³/mol. The molecule has 0 bridgehead atoms. The summed E-state index contributed by atoms with van der Waals surface area (Å²) >= 11 is 0. The third kappa shape index (κ3) is 8.86. The minimum Gasteiger partial charge on any atom is -0.460 e. The topological polar surface area (TPSA) is 132 Å². The number of nitrogens with one attached hydrogen (secondary N) is 2. The molecule has 2 amide bonds. The van der Waals surface area contributed by atoms with Gasteiger partial charge in [0.1, 0.15) is 30.5 Å². The maximum absolute atomic E-state index is 13.2. The van der Waals surface area contributed by atoms with Crippen LogP contribution >= 0.6 is 0 Å². The molecular formula is C30H44N2O8. The van der Waals surface area contributed by atoms with E-state index in [9.17, 15) is 19.5 Å². The van der Waals surface area contributed by atoms with Gasteiger partial charge in [-0.05, 0) is 44.6 Å². The van der Waals surface area contributed by atoms with E-state index in [1.165, 1.54) is 7.11 Å². The summed E-state index contributed by atoms with van der Waals surface area (Å²) in [4.78, 5) is 38.2. The van der Waals surface area contributed by atoms with Gasteiger partial charge in [0, 0.05) is 7.11 Å². The minimum absolute atomic E-state index is 0.137. The number of rotatable bonds is 10. The molecule has 2 heterocycles. The molecule has 10 nitrogen and oxygen atoms in total. The Morgan fingerprint density at radius 2 is 1.85 bits per heavy atom. The van der Waals surface area contributed by atoms with Crippen LogP contribution in [0.25, 0.3) is 0 Å². The molecule has 7 atom stereocenters. The summed E-state index contributed by atoms with van der Waals surface area (Å²) in [5, 5.41) is 16.4. The van der Waals surface area contributed by atoms with Crippen molar-refractivity contribution in [3.63, 3.8) is 0 Å². The molecule has 40 heavy (non-hydrogen) atoms. The number of cyclic esters (lactones) is 1. The van der Waals surface area contributed by atoms with E-state index in [1.54, 1.807) is 26.8 Å². The van der Waals surface area contributed by atoms with Crippen LogP contribution in [0.2, 0.25) is 0 Å². The van der Waals surface area contributed by atoms with Crippen LogP contribution < -0.4 is 10.6 Å². The summed E-state index contributed by atoms with van der Waals surface area (Å²) in [6.07, 6.45) is 0.185. The van der Waals surface area contributed by atoms with Gasteiger partial charge in [-0.3, -0.25) is 14.4 Å². The Bertz CT molecular complexity index is 1050. The highest BCUT2D eigenvalue weighted by atomic mass is 16.7. The standard InChI is InChI=1S/C30H44N2O8/c1-18(26(34)31-17-21-16-20(28(36)38-21)15-19-11-9-8-10-12-19)32-27(35)25(37-7)24-23(33)22(13-14-29(2,3)4)39-30(5,6)40-24/h8-14,18,20-25,33H,15-17H2,1-7H3,(H,31,34)(H,32,35)/b14-13+/t18-,20?,21?,22+,23-,24+,25+/m0/s1. The van der Waals surface area contributed by atoms with Gasteiger partial charge in [-0.15, -0.1) is 0 Å². The zero-order valence-corrected chi connectivity index (χ0v) is 24.5. The van der Waals surface area contributed by atoms with Crippen LogP contribution in [0.1, 0.15) is 53.5 Å². The summed E-state index contributed by atoms with van der Waals surface area (Å²) in [7, 11) is 1.34. The van der Waals surface area contributed by atoms with Crippen LogP contribution in [0.15, 0.2) is 42.5 Å². The van der Waals surface area contributed by atoms with E-state index >= 15 is 0 Å². The van der Waals surface area contributed by atoms with Gasteiger partial charge in [0.05, 0.1) is 12.5 Å². The first kappa shape index (κ1) is 31.7. The largest absolute Gasteiger partial charge is 0.460 e. The highest BCUT2D eigenvalue weighted by molar-refractivity contribution is 5.89. The van der Waals surface area contributed by atoms with Crippen LogP contribution in [0, 0.1) is 11.3 Å². The number of methoxy groups -OCH3 is 1. The molecule has 222 valence electrons. The van der Waals surface area contributed by atoms with E-state index in [0.29, 0.717) is 12.8 Å². The van der Waals surface area contributed by atoms with Crippen molar-refractivity contribution in [3.8, 4) is 0 Å².